The van der Waals surface area contributed by atoms with E-state index in [-0.39, 0.29) is 11.8 Å². The highest BCUT2D eigenvalue weighted by Gasteiger charge is 2.29. The van der Waals surface area contributed by atoms with E-state index in [2.05, 4.69) is 16.4 Å². The molecule has 1 N–H and O–H groups in total. The van der Waals surface area contributed by atoms with Gasteiger partial charge in [-0.05, 0) is 23.8 Å². The van der Waals surface area contributed by atoms with E-state index in [0.717, 1.165) is 11.4 Å². The molecule has 2 aromatic carbocycles. The van der Waals surface area contributed by atoms with E-state index in [1.165, 1.54) is 5.56 Å². The number of fused-ring (bicyclic) bond motifs is 1. The summed E-state index contributed by atoms with van der Waals surface area (Å²) in [5, 5.41) is 3.30. The molecule has 0 radical (unpaired) electrons. The van der Waals surface area contributed by atoms with Gasteiger partial charge in [0.25, 0.3) is 0 Å². The van der Waals surface area contributed by atoms with E-state index in [1.54, 1.807) is 6.20 Å². The van der Waals surface area contributed by atoms with Crippen LogP contribution in [0.15, 0.2) is 67.0 Å². The van der Waals surface area contributed by atoms with Crippen LogP contribution in [0.25, 0.3) is 5.69 Å². The van der Waals surface area contributed by atoms with Crippen LogP contribution in [0.1, 0.15) is 16.2 Å². The molecule has 1 atom stereocenters. The lowest BCUT2D eigenvalue weighted by atomic mass is 10.1. The largest absolute Gasteiger partial charge is 0.374 e. The van der Waals surface area contributed by atoms with Crippen molar-refractivity contribution in [3.05, 3.63) is 78.4 Å². The number of imidazole rings is 1. The van der Waals surface area contributed by atoms with Crippen molar-refractivity contribution in [3.63, 3.8) is 0 Å². The lowest BCUT2D eigenvalue weighted by molar-refractivity contribution is 0.0960. The summed E-state index contributed by atoms with van der Waals surface area (Å²) in [6, 6.07) is 17.6. The van der Waals surface area contributed by atoms with Crippen molar-refractivity contribution in [2.24, 2.45) is 0 Å². The molecule has 0 bridgehead atoms. The van der Waals surface area contributed by atoms with E-state index in [0.29, 0.717) is 12.2 Å². The zero-order valence-corrected chi connectivity index (χ0v) is 11.9. The first-order chi connectivity index (χ1) is 10.8. The van der Waals surface area contributed by atoms with Crippen LogP contribution in [0, 0.1) is 0 Å². The number of carbonyl (C=O) groups is 1. The molecule has 3 aromatic rings. The quantitative estimate of drug-likeness (QED) is 0.754. The number of nitrogens with zero attached hydrogens (tertiary/aromatic N) is 2. The van der Waals surface area contributed by atoms with Crippen molar-refractivity contribution in [2.45, 2.75) is 12.5 Å². The second-order valence-corrected chi connectivity index (χ2v) is 5.38. The van der Waals surface area contributed by atoms with E-state index >= 15 is 0 Å². The van der Waals surface area contributed by atoms with Crippen LogP contribution in [0.5, 0.6) is 0 Å². The molecule has 0 saturated carbocycles. The molecular formula is C18H15N3O. The molecule has 22 heavy (non-hydrogen) atoms. The number of anilines is 1. The van der Waals surface area contributed by atoms with Gasteiger partial charge in [-0.2, -0.15) is 0 Å². The molecule has 0 amide bonds. The number of nitrogens with one attached hydrogen (secondary N) is 1. The maximum Gasteiger partial charge on any atom is 0.221 e. The summed E-state index contributed by atoms with van der Waals surface area (Å²) in [4.78, 5) is 17.1. The topological polar surface area (TPSA) is 46.9 Å². The third-order valence-corrected chi connectivity index (χ3v) is 3.98. The Kier molecular flexibility index (Phi) is 3.00. The first-order valence-corrected chi connectivity index (χ1v) is 7.30. The van der Waals surface area contributed by atoms with Crippen molar-refractivity contribution in [3.8, 4) is 5.69 Å². The van der Waals surface area contributed by atoms with Gasteiger partial charge in [0.05, 0.1) is 6.04 Å². The third-order valence-electron chi connectivity index (χ3n) is 3.98. The summed E-state index contributed by atoms with van der Waals surface area (Å²) in [7, 11) is 0. The first kappa shape index (κ1) is 12.8. The number of para-hydroxylation sites is 2. The molecule has 4 nitrogen and oxygen atoms in total. The Bertz CT molecular complexity index is 798. The lowest BCUT2D eigenvalue weighted by Gasteiger charge is -2.12. The van der Waals surface area contributed by atoms with Crippen LogP contribution >= 0.6 is 0 Å². The maximum atomic E-state index is 12.8. The SMILES string of the molecule is O=C(c1nccn1-c1ccccc1)C1Cc2ccccc2N1. The van der Waals surface area contributed by atoms with E-state index in [1.807, 2.05) is 59.3 Å². The van der Waals surface area contributed by atoms with Gasteiger partial charge in [0.2, 0.25) is 5.78 Å². The molecule has 0 spiro atoms. The van der Waals surface area contributed by atoms with Gasteiger partial charge in [0.15, 0.2) is 5.82 Å². The fourth-order valence-corrected chi connectivity index (χ4v) is 2.89. The number of rotatable bonds is 3. The van der Waals surface area contributed by atoms with Gasteiger partial charge in [-0.1, -0.05) is 36.4 Å². The van der Waals surface area contributed by atoms with E-state index in [4.69, 9.17) is 0 Å². The van der Waals surface area contributed by atoms with Gasteiger partial charge in [-0.15, -0.1) is 0 Å². The zero-order valence-electron chi connectivity index (χ0n) is 11.9. The van der Waals surface area contributed by atoms with Gasteiger partial charge in [-0.3, -0.25) is 9.36 Å². The van der Waals surface area contributed by atoms with Gasteiger partial charge >= 0.3 is 0 Å². The fraction of sp³-hybridized carbons (Fsp3) is 0.111. The number of Topliss-reactive ketones (excluding diaryl/α,β-unsaturated/α-hetero) is 1. The Morgan fingerprint density at radius 1 is 1.09 bits per heavy atom. The highest BCUT2D eigenvalue weighted by Crippen LogP contribution is 2.27. The zero-order chi connectivity index (χ0) is 14.9. The third kappa shape index (κ3) is 2.09. The standard InChI is InChI=1S/C18H15N3O/c22-17(16-12-13-6-4-5-9-15(13)20-16)18-19-10-11-21(18)14-7-2-1-3-8-14/h1-11,16,20H,12H2. The Balaban J connectivity index is 1.65. The first-order valence-electron chi connectivity index (χ1n) is 7.30. The predicted molar refractivity (Wildman–Crippen MR) is 85.5 cm³/mol. The summed E-state index contributed by atoms with van der Waals surface area (Å²) < 4.78 is 1.84. The normalized spacial score (nSPS) is 16.1. The number of benzene rings is 2. The lowest BCUT2D eigenvalue weighted by Crippen LogP contribution is -2.29. The molecule has 0 fully saturated rings. The van der Waals surface area contributed by atoms with Crippen molar-refractivity contribution >= 4 is 11.5 Å². The number of aromatic nitrogens is 2. The average Bonchev–Trinajstić information content (AvgIpc) is 3.21. The monoisotopic (exact) mass is 289 g/mol. The molecule has 4 heteroatoms. The number of ketones is 1. The molecule has 0 aliphatic carbocycles. The molecule has 1 aromatic heterocycles. The van der Waals surface area contributed by atoms with Crippen LogP contribution in [-0.2, 0) is 6.42 Å². The molecule has 0 saturated heterocycles. The average molecular weight is 289 g/mol. The van der Waals surface area contributed by atoms with Crippen molar-refractivity contribution in [1.29, 1.82) is 0 Å². The second-order valence-electron chi connectivity index (χ2n) is 5.38. The van der Waals surface area contributed by atoms with Crippen molar-refractivity contribution in [1.82, 2.24) is 9.55 Å². The van der Waals surface area contributed by atoms with Gasteiger partial charge < -0.3 is 5.32 Å². The van der Waals surface area contributed by atoms with Crippen LogP contribution in [-0.4, -0.2) is 21.4 Å². The number of hydrogen-bond acceptors (Lipinski definition) is 3. The van der Waals surface area contributed by atoms with E-state index in [9.17, 15) is 4.79 Å². The predicted octanol–water partition coefficient (Wildman–Crippen LogP) is 3.09. The fourth-order valence-electron chi connectivity index (χ4n) is 2.89. The minimum absolute atomic E-state index is 0.0186. The Morgan fingerprint density at radius 2 is 1.86 bits per heavy atom. The number of hydrogen-bond donors (Lipinski definition) is 1. The van der Waals surface area contributed by atoms with Gasteiger partial charge in [-0.25, -0.2) is 4.98 Å². The Morgan fingerprint density at radius 3 is 2.68 bits per heavy atom. The Hall–Kier alpha value is -2.88. The maximum absolute atomic E-state index is 12.8. The Labute approximate surface area is 128 Å². The summed E-state index contributed by atoms with van der Waals surface area (Å²) in [6.45, 7) is 0. The summed E-state index contributed by atoms with van der Waals surface area (Å²) in [5.41, 5.74) is 3.16. The van der Waals surface area contributed by atoms with E-state index < -0.39 is 0 Å². The molecule has 108 valence electrons. The number of carbonyl (C=O) groups excluding carboxylic acids is 1. The van der Waals surface area contributed by atoms with Gasteiger partial charge in [0.1, 0.15) is 0 Å². The van der Waals surface area contributed by atoms with Crippen LogP contribution in [0.4, 0.5) is 5.69 Å². The van der Waals surface area contributed by atoms with Crippen LogP contribution in [0.2, 0.25) is 0 Å². The summed E-state index contributed by atoms with van der Waals surface area (Å²) >= 11 is 0. The second kappa shape index (κ2) is 5.15. The molecule has 2 heterocycles. The van der Waals surface area contributed by atoms with Crippen LogP contribution < -0.4 is 5.32 Å². The summed E-state index contributed by atoms with van der Waals surface area (Å²) in [5.74, 6) is 0.488. The minimum Gasteiger partial charge on any atom is -0.374 e. The summed E-state index contributed by atoms with van der Waals surface area (Å²) in [6.07, 6.45) is 4.20. The van der Waals surface area contributed by atoms with Gasteiger partial charge in [0, 0.05) is 30.2 Å². The van der Waals surface area contributed by atoms with Crippen LogP contribution in [0.3, 0.4) is 0 Å². The molecule has 1 aliphatic rings. The molecule has 1 unspecified atom stereocenters. The van der Waals surface area contributed by atoms with Crippen molar-refractivity contribution < 1.29 is 4.79 Å². The van der Waals surface area contributed by atoms with Crippen molar-refractivity contribution in [2.75, 3.05) is 5.32 Å². The highest BCUT2D eigenvalue weighted by molar-refractivity contribution is 6.00. The molecular weight excluding hydrogens is 274 g/mol. The highest BCUT2D eigenvalue weighted by atomic mass is 16.1. The minimum atomic E-state index is -0.248. The molecule has 1 aliphatic heterocycles. The molecule has 4 rings (SSSR count). The smallest absolute Gasteiger partial charge is 0.221 e.